The average Bonchev–Trinajstić information content (AvgIpc) is 2.16. The van der Waals surface area contributed by atoms with Gasteiger partial charge in [0.15, 0.2) is 0 Å². The van der Waals surface area contributed by atoms with E-state index in [0.29, 0.717) is 0 Å². The van der Waals surface area contributed by atoms with Crippen molar-refractivity contribution in [2.45, 2.75) is 19.4 Å². The van der Waals surface area contributed by atoms with Crippen LogP contribution < -0.4 is 15.2 Å². The van der Waals surface area contributed by atoms with Crippen molar-refractivity contribution in [2.24, 2.45) is 5.73 Å². The molecular formula is C11H18ClNO2. The number of halogens is 1. The molecule has 0 saturated carbocycles. The van der Waals surface area contributed by atoms with Gasteiger partial charge in [0.2, 0.25) is 0 Å². The van der Waals surface area contributed by atoms with Gasteiger partial charge in [-0.15, -0.1) is 12.4 Å². The fourth-order valence-corrected chi connectivity index (χ4v) is 1.39. The summed E-state index contributed by atoms with van der Waals surface area (Å²) in [6.45, 7) is 1.97. The SMILES string of the molecule is COc1ccc(OC)c(C[C@H](C)N)c1.Cl. The molecule has 0 fully saturated rings. The van der Waals surface area contributed by atoms with Crippen LogP contribution in [-0.4, -0.2) is 20.3 Å². The molecule has 0 saturated heterocycles. The van der Waals surface area contributed by atoms with Gasteiger partial charge in [0.25, 0.3) is 0 Å². The maximum atomic E-state index is 5.74. The summed E-state index contributed by atoms with van der Waals surface area (Å²) in [5.74, 6) is 1.70. The van der Waals surface area contributed by atoms with Crippen molar-refractivity contribution in [1.82, 2.24) is 0 Å². The van der Waals surface area contributed by atoms with Crippen LogP contribution in [-0.2, 0) is 6.42 Å². The Kier molecular flexibility index (Phi) is 6.13. The van der Waals surface area contributed by atoms with Gasteiger partial charge in [-0.2, -0.15) is 0 Å². The molecular weight excluding hydrogens is 214 g/mol. The zero-order valence-electron chi connectivity index (χ0n) is 9.32. The minimum atomic E-state index is 0. The summed E-state index contributed by atoms with van der Waals surface area (Å²) in [6.07, 6.45) is 0.792. The van der Waals surface area contributed by atoms with Crippen LogP contribution in [0.1, 0.15) is 12.5 Å². The smallest absolute Gasteiger partial charge is 0.122 e. The van der Waals surface area contributed by atoms with Crippen LogP contribution in [0.2, 0.25) is 0 Å². The first kappa shape index (κ1) is 14.1. The molecule has 0 aliphatic carbocycles. The molecule has 0 aliphatic rings. The molecule has 0 aliphatic heterocycles. The summed E-state index contributed by atoms with van der Waals surface area (Å²) >= 11 is 0. The fourth-order valence-electron chi connectivity index (χ4n) is 1.39. The first-order valence-corrected chi connectivity index (χ1v) is 4.64. The predicted molar refractivity (Wildman–Crippen MR) is 64.1 cm³/mol. The molecule has 15 heavy (non-hydrogen) atoms. The maximum absolute atomic E-state index is 5.74. The number of hydrogen-bond acceptors (Lipinski definition) is 3. The van der Waals surface area contributed by atoms with E-state index in [4.69, 9.17) is 15.2 Å². The van der Waals surface area contributed by atoms with Gasteiger partial charge in [-0.05, 0) is 37.1 Å². The molecule has 0 radical (unpaired) electrons. The number of benzene rings is 1. The van der Waals surface area contributed by atoms with Crippen molar-refractivity contribution in [3.05, 3.63) is 23.8 Å². The Morgan fingerprint density at radius 3 is 2.40 bits per heavy atom. The summed E-state index contributed by atoms with van der Waals surface area (Å²) in [6, 6.07) is 5.86. The van der Waals surface area contributed by atoms with Gasteiger partial charge in [-0.25, -0.2) is 0 Å². The lowest BCUT2D eigenvalue weighted by molar-refractivity contribution is 0.397. The highest BCUT2D eigenvalue weighted by Crippen LogP contribution is 2.24. The Balaban J connectivity index is 0.00000196. The minimum Gasteiger partial charge on any atom is -0.497 e. The topological polar surface area (TPSA) is 44.5 Å². The zero-order chi connectivity index (χ0) is 10.6. The Morgan fingerprint density at radius 2 is 1.93 bits per heavy atom. The number of nitrogens with two attached hydrogens (primary N) is 1. The molecule has 0 aromatic heterocycles. The lowest BCUT2D eigenvalue weighted by atomic mass is 10.1. The molecule has 4 heteroatoms. The van der Waals surface area contributed by atoms with Gasteiger partial charge in [-0.3, -0.25) is 0 Å². The third kappa shape index (κ3) is 3.98. The summed E-state index contributed by atoms with van der Waals surface area (Å²) in [4.78, 5) is 0. The van der Waals surface area contributed by atoms with Crippen LogP contribution in [0.25, 0.3) is 0 Å². The third-order valence-electron chi connectivity index (χ3n) is 2.03. The molecule has 0 spiro atoms. The Bertz CT molecular complexity index is 303. The van der Waals surface area contributed by atoms with Crippen molar-refractivity contribution in [3.63, 3.8) is 0 Å². The summed E-state index contributed by atoms with van der Waals surface area (Å²) in [7, 11) is 3.31. The molecule has 0 unspecified atom stereocenters. The van der Waals surface area contributed by atoms with E-state index in [-0.39, 0.29) is 18.4 Å². The second-order valence-corrected chi connectivity index (χ2v) is 3.36. The predicted octanol–water partition coefficient (Wildman–Crippen LogP) is 2.02. The van der Waals surface area contributed by atoms with E-state index in [1.165, 1.54) is 0 Å². The van der Waals surface area contributed by atoms with Crippen LogP contribution in [0.15, 0.2) is 18.2 Å². The van der Waals surface area contributed by atoms with Crippen molar-refractivity contribution in [1.29, 1.82) is 0 Å². The van der Waals surface area contributed by atoms with Gasteiger partial charge >= 0.3 is 0 Å². The van der Waals surface area contributed by atoms with Gasteiger partial charge in [0, 0.05) is 6.04 Å². The van der Waals surface area contributed by atoms with E-state index in [1.54, 1.807) is 14.2 Å². The molecule has 1 aromatic carbocycles. The van der Waals surface area contributed by atoms with E-state index in [2.05, 4.69) is 0 Å². The minimum absolute atomic E-state index is 0. The average molecular weight is 232 g/mol. The Hall–Kier alpha value is -0.930. The van der Waals surface area contributed by atoms with E-state index in [0.717, 1.165) is 23.5 Å². The maximum Gasteiger partial charge on any atom is 0.122 e. The monoisotopic (exact) mass is 231 g/mol. The molecule has 2 N–H and O–H groups in total. The number of rotatable bonds is 4. The van der Waals surface area contributed by atoms with Gasteiger partial charge in [-0.1, -0.05) is 0 Å². The molecule has 0 heterocycles. The zero-order valence-corrected chi connectivity index (χ0v) is 10.1. The van der Waals surface area contributed by atoms with Crippen LogP contribution in [0, 0.1) is 0 Å². The Labute approximate surface area is 97.0 Å². The van der Waals surface area contributed by atoms with Crippen molar-refractivity contribution < 1.29 is 9.47 Å². The molecule has 1 atom stereocenters. The molecule has 1 rings (SSSR count). The van der Waals surface area contributed by atoms with E-state index in [1.807, 2.05) is 25.1 Å². The number of methoxy groups -OCH3 is 2. The van der Waals surface area contributed by atoms with Crippen molar-refractivity contribution in [2.75, 3.05) is 14.2 Å². The lowest BCUT2D eigenvalue weighted by Gasteiger charge is -2.11. The van der Waals surface area contributed by atoms with E-state index >= 15 is 0 Å². The highest BCUT2D eigenvalue weighted by atomic mass is 35.5. The molecule has 0 bridgehead atoms. The first-order valence-electron chi connectivity index (χ1n) is 4.64. The first-order chi connectivity index (χ1) is 6.67. The van der Waals surface area contributed by atoms with Gasteiger partial charge in [0.1, 0.15) is 11.5 Å². The van der Waals surface area contributed by atoms with Gasteiger partial charge in [0.05, 0.1) is 14.2 Å². The standard InChI is InChI=1S/C11H17NO2.ClH/c1-8(12)6-9-7-10(13-2)4-5-11(9)14-3;/h4-5,7-8H,6,12H2,1-3H3;1H/t8-;/m0./s1. The number of ether oxygens (including phenoxy) is 2. The third-order valence-corrected chi connectivity index (χ3v) is 2.03. The lowest BCUT2D eigenvalue weighted by Crippen LogP contribution is -2.18. The van der Waals surface area contributed by atoms with Crippen LogP contribution in [0.5, 0.6) is 11.5 Å². The molecule has 3 nitrogen and oxygen atoms in total. The number of hydrogen-bond donors (Lipinski definition) is 1. The molecule has 86 valence electrons. The highest BCUT2D eigenvalue weighted by Gasteiger charge is 2.06. The largest absolute Gasteiger partial charge is 0.497 e. The quantitative estimate of drug-likeness (QED) is 0.862. The summed E-state index contributed by atoms with van der Waals surface area (Å²) in [5, 5.41) is 0. The molecule has 0 amide bonds. The second-order valence-electron chi connectivity index (χ2n) is 3.36. The van der Waals surface area contributed by atoms with Crippen LogP contribution in [0.3, 0.4) is 0 Å². The summed E-state index contributed by atoms with van der Waals surface area (Å²) < 4.78 is 10.4. The Morgan fingerprint density at radius 1 is 1.27 bits per heavy atom. The molecule has 1 aromatic rings. The fraction of sp³-hybridized carbons (Fsp3) is 0.455. The van der Waals surface area contributed by atoms with Crippen LogP contribution in [0.4, 0.5) is 0 Å². The normalized spacial score (nSPS) is 11.5. The van der Waals surface area contributed by atoms with E-state index < -0.39 is 0 Å². The highest BCUT2D eigenvalue weighted by molar-refractivity contribution is 5.85. The van der Waals surface area contributed by atoms with Crippen LogP contribution >= 0.6 is 12.4 Å². The van der Waals surface area contributed by atoms with Gasteiger partial charge < -0.3 is 15.2 Å². The second kappa shape index (κ2) is 6.53. The van der Waals surface area contributed by atoms with Crippen molar-refractivity contribution in [3.8, 4) is 11.5 Å². The van der Waals surface area contributed by atoms with E-state index in [9.17, 15) is 0 Å². The summed E-state index contributed by atoms with van der Waals surface area (Å²) in [5.41, 5.74) is 6.83. The van der Waals surface area contributed by atoms with Crippen molar-refractivity contribution >= 4 is 12.4 Å².